The van der Waals surface area contributed by atoms with Crippen LogP contribution in [0.4, 0.5) is 10.6 Å². The summed E-state index contributed by atoms with van der Waals surface area (Å²) < 4.78 is 1.76. The smallest absolute Gasteiger partial charge is 0.323 e. The lowest BCUT2D eigenvalue weighted by atomic mass is 9.90. The number of nitrogens with zero attached hydrogens (tertiary/aromatic N) is 3. The van der Waals surface area contributed by atoms with E-state index in [0.717, 1.165) is 16.9 Å². The van der Waals surface area contributed by atoms with Gasteiger partial charge in [-0.1, -0.05) is 39.0 Å². The van der Waals surface area contributed by atoms with Gasteiger partial charge < -0.3 is 10.0 Å². The first kappa shape index (κ1) is 19.9. The van der Waals surface area contributed by atoms with Crippen LogP contribution in [0.15, 0.2) is 30.3 Å². The van der Waals surface area contributed by atoms with Crippen LogP contribution in [0.25, 0.3) is 5.69 Å². The lowest BCUT2D eigenvalue weighted by molar-refractivity contribution is -0.143. The van der Waals surface area contributed by atoms with Crippen LogP contribution < -0.4 is 5.32 Å². The van der Waals surface area contributed by atoms with E-state index in [4.69, 9.17) is 5.10 Å². The van der Waals surface area contributed by atoms with Crippen LogP contribution in [0.5, 0.6) is 0 Å². The molecule has 0 aliphatic carbocycles. The zero-order valence-corrected chi connectivity index (χ0v) is 16.9. The van der Waals surface area contributed by atoms with Gasteiger partial charge in [0, 0.05) is 24.1 Å². The second-order valence-electron chi connectivity index (χ2n) is 8.37. The van der Waals surface area contributed by atoms with Gasteiger partial charge in [-0.15, -0.1) is 0 Å². The van der Waals surface area contributed by atoms with Crippen molar-refractivity contribution in [1.82, 2.24) is 14.7 Å². The molecule has 1 unspecified atom stereocenters. The van der Waals surface area contributed by atoms with Crippen LogP contribution in [0, 0.1) is 12.8 Å². The van der Waals surface area contributed by atoms with Crippen molar-refractivity contribution in [1.29, 1.82) is 0 Å². The predicted molar refractivity (Wildman–Crippen MR) is 108 cm³/mol. The summed E-state index contributed by atoms with van der Waals surface area (Å²) in [6.07, 6.45) is 1.29. The molecule has 0 saturated carbocycles. The van der Waals surface area contributed by atoms with Crippen LogP contribution in [0.1, 0.15) is 44.9 Å². The number of amides is 2. The molecule has 2 amide bonds. The third-order valence-corrected chi connectivity index (χ3v) is 5.12. The van der Waals surface area contributed by atoms with E-state index in [0.29, 0.717) is 25.2 Å². The number of aliphatic carboxylic acids is 1. The molecule has 1 fully saturated rings. The molecule has 0 bridgehead atoms. The van der Waals surface area contributed by atoms with Crippen molar-refractivity contribution in [2.75, 3.05) is 18.4 Å². The number of para-hydroxylation sites is 1. The molecule has 1 saturated heterocycles. The Bertz CT molecular complexity index is 868. The predicted octanol–water partition coefficient (Wildman–Crippen LogP) is 3.81. The van der Waals surface area contributed by atoms with Crippen molar-refractivity contribution in [2.45, 2.75) is 46.0 Å². The van der Waals surface area contributed by atoms with E-state index in [-0.39, 0.29) is 18.0 Å². The third-order valence-electron chi connectivity index (χ3n) is 5.12. The number of hydrogen-bond acceptors (Lipinski definition) is 3. The van der Waals surface area contributed by atoms with Crippen molar-refractivity contribution in [3.8, 4) is 5.69 Å². The molecule has 1 atom stereocenters. The van der Waals surface area contributed by atoms with Crippen LogP contribution in [-0.4, -0.2) is 44.9 Å². The fraction of sp³-hybridized carbons (Fsp3) is 0.476. The van der Waals surface area contributed by atoms with Crippen molar-refractivity contribution < 1.29 is 14.7 Å². The van der Waals surface area contributed by atoms with Crippen molar-refractivity contribution >= 4 is 17.8 Å². The third kappa shape index (κ3) is 4.03. The number of piperidine rings is 1. The molecule has 150 valence electrons. The number of benzene rings is 1. The fourth-order valence-corrected chi connectivity index (χ4v) is 3.65. The highest BCUT2D eigenvalue weighted by Gasteiger charge is 2.30. The lowest BCUT2D eigenvalue weighted by Gasteiger charge is -2.30. The van der Waals surface area contributed by atoms with Gasteiger partial charge in [0.1, 0.15) is 5.82 Å². The van der Waals surface area contributed by atoms with Crippen LogP contribution >= 0.6 is 0 Å². The molecule has 7 heteroatoms. The first-order valence-corrected chi connectivity index (χ1v) is 9.62. The van der Waals surface area contributed by atoms with Gasteiger partial charge in [0.2, 0.25) is 0 Å². The van der Waals surface area contributed by atoms with E-state index < -0.39 is 11.9 Å². The largest absolute Gasteiger partial charge is 0.481 e. The normalized spacial score (nSPS) is 17.4. The van der Waals surface area contributed by atoms with E-state index in [1.165, 1.54) is 0 Å². The fourth-order valence-electron chi connectivity index (χ4n) is 3.65. The summed E-state index contributed by atoms with van der Waals surface area (Å²) in [6, 6.07) is 9.38. The van der Waals surface area contributed by atoms with Crippen LogP contribution in [-0.2, 0) is 10.2 Å². The number of likely N-dealkylation sites (tertiary alicyclic amines) is 1. The second kappa shape index (κ2) is 7.66. The Kier molecular flexibility index (Phi) is 5.45. The Morgan fingerprint density at radius 2 is 1.89 bits per heavy atom. The molecule has 2 heterocycles. The van der Waals surface area contributed by atoms with Crippen molar-refractivity contribution in [2.24, 2.45) is 5.92 Å². The van der Waals surface area contributed by atoms with E-state index >= 15 is 0 Å². The maximum absolute atomic E-state index is 12.9. The number of urea groups is 1. The van der Waals surface area contributed by atoms with Crippen LogP contribution in [0.2, 0.25) is 0 Å². The van der Waals surface area contributed by atoms with E-state index in [2.05, 4.69) is 26.1 Å². The van der Waals surface area contributed by atoms with Gasteiger partial charge in [0.15, 0.2) is 0 Å². The molecule has 2 aromatic rings. The van der Waals surface area contributed by atoms with Gasteiger partial charge in [-0.05, 0) is 31.9 Å². The summed E-state index contributed by atoms with van der Waals surface area (Å²) in [5.41, 5.74) is 2.51. The van der Waals surface area contributed by atoms with Crippen molar-refractivity contribution in [3.63, 3.8) is 0 Å². The molecule has 7 nitrogen and oxygen atoms in total. The zero-order chi connectivity index (χ0) is 20.5. The summed E-state index contributed by atoms with van der Waals surface area (Å²) in [5, 5.41) is 17.1. The molecular formula is C21H28N4O3. The molecule has 1 aliphatic heterocycles. The summed E-state index contributed by atoms with van der Waals surface area (Å²) in [4.78, 5) is 25.8. The number of hydrogen-bond donors (Lipinski definition) is 2. The van der Waals surface area contributed by atoms with Crippen LogP contribution in [0.3, 0.4) is 0 Å². The minimum atomic E-state index is -0.849. The minimum absolute atomic E-state index is 0.177. The van der Waals surface area contributed by atoms with Gasteiger partial charge in [-0.2, -0.15) is 5.10 Å². The molecule has 0 radical (unpaired) electrons. The van der Waals surface area contributed by atoms with Gasteiger partial charge in [0.25, 0.3) is 0 Å². The van der Waals surface area contributed by atoms with Gasteiger partial charge in [-0.3, -0.25) is 10.1 Å². The van der Waals surface area contributed by atoms with E-state index in [9.17, 15) is 14.7 Å². The highest BCUT2D eigenvalue weighted by molar-refractivity contribution is 5.90. The van der Waals surface area contributed by atoms with Gasteiger partial charge >= 0.3 is 12.0 Å². The quantitative estimate of drug-likeness (QED) is 0.842. The Morgan fingerprint density at radius 3 is 2.50 bits per heavy atom. The number of anilines is 1. The van der Waals surface area contributed by atoms with Gasteiger partial charge in [-0.25, -0.2) is 9.48 Å². The molecule has 3 rings (SSSR count). The van der Waals surface area contributed by atoms with E-state index in [1.54, 1.807) is 9.58 Å². The molecule has 1 aliphatic rings. The van der Waals surface area contributed by atoms with Crippen molar-refractivity contribution in [3.05, 3.63) is 41.6 Å². The average Bonchev–Trinajstić information content (AvgIpc) is 2.99. The highest BCUT2D eigenvalue weighted by atomic mass is 16.4. The molecule has 1 aromatic heterocycles. The zero-order valence-electron chi connectivity index (χ0n) is 16.9. The Balaban J connectivity index is 1.93. The highest BCUT2D eigenvalue weighted by Crippen LogP contribution is 2.31. The monoisotopic (exact) mass is 384 g/mol. The Morgan fingerprint density at radius 1 is 1.21 bits per heavy atom. The van der Waals surface area contributed by atoms with Gasteiger partial charge in [0.05, 0.1) is 17.3 Å². The summed E-state index contributed by atoms with van der Waals surface area (Å²) >= 11 is 0. The average molecular weight is 384 g/mol. The maximum atomic E-state index is 12.9. The molecular weight excluding hydrogens is 356 g/mol. The number of carbonyl (C=O) groups excluding carboxylic acids is 1. The number of carboxylic acid groups (broad SMARTS) is 1. The molecule has 2 N–H and O–H groups in total. The minimum Gasteiger partial charge on any atom is -0.481 e. The summed E-state index contributed by atoms with van der Waals surface area (Å²) in [5.74, 6) is -0.735. The number of nitrogens with one attached hydrogen (secondary N) is 1. The molecule has 1 aromatic carbocycles. The molecule has 28 heavy (non-hydrogen) atoms. The first-order chi connectivity index (χ1) is 13.2. The number of carboxylic acids is 1. The second-order valence-corrected chi connectivity index (χ2v) is 8.37. The first-order valence-electron chi connectivity index (χ1n) is 9.62. The summed E-state index contributed by atoms with van der Waals surface area (Å²) in [7, 11) is 0. The van der Waals surface area contributed by atoms with E-state index in [1.807, 2.05) is 37.3 Å². The number of rotatable bonds is 3. The number of aromatic nitrogens is 2. The standard InChI is InChI=1S/C21H28N4O3/c1-14-17(21(2,3)4)23-25(16-10-6-5-7-11-16)18(14)22-20(28)24-12-8-9-15(13-24)19(26)27/h5-7,10-11,15H,8-9,12-13H2,1-4H3,(H,22,28)(H,26,27). The maximum Gasteiger partial charge on any atom is 0.323 e. The molecule has 0 spiro atoms. The topological polar surface area (TPSA) is 87.5 Å². The Hall–Kier alpha value is -2.83. The summed E-state index contributed by atoms with van der Waals surface area (Å²) in [6.45, 7) is 9.01. The lowest BCUT2D eigenvalue weighted by Crippen LogP contribution is -2.44. The SMILES string of the molecule is Cc1c(C(C)(C)C)nn(-c2ccccc2)c1NC(=O)N1CCCC(C(=O)O)C1. The number of carbonyl (C=O) groups is 2. The Labute approximate surface area is 165 Å².